The van der Waals surface area contributed by atoms with Gasteiger partial charge in [0.25, 0.3) is 0 Å². The summed E-state index contributed by atoms with van der Waals surface area (Å²) in [7, 11) is 0. The first-order valence-corrected chi connectivity index (χ1v) is 6.38. The highest BCUT2D eigenvalue weighted by atomic mass is 16.5. The highest BCUT2D eigenvalue weighted by Crippen LogP contribution is 2.22. The fourth-order valence-electron chi connectivity index (χ4n) is 2.13. The van der Waals surface area contributed by atoms with Gasteiger partial charge >= 0.3 is 0 Å². The molecule has 0 aliphatic carbocycles. The van der Waals surface area contributed by atoms with Gasteiger partial charge in [0, 0.05) is 18.8 Å². The third-order valence-electron chi connectivity index (χ3n) is 3.03. The van der Waals surface area contributed by atoms with E-state index in [1.165, 1.54) is 38.0 Å². The summed E-state index contributed by atoms with van der Waals surface area (Å²) in [5, 5.41) is 0. The SMILES string of the molecule is CCCOc1ccc(N2CCCCC2)cc1. The number of anilines is 1. The molecule has 0 atom stereocenters. The van der Waals surface area contributed by atoms with Crippen LogP contribution in [-0.4, -0.2) is 19.7 Å². The molecular weight excluding hydrogens is 198 g/mol. The van der Waals surface area contributed by atoms with Gasteiger partial charge in [0.15, 0.2) is 0 Å². The Hall–Kier alpha value is -1.18. The lowest BCUT2D eigenvalue weighted by Gasteiger charge is -2.28. The summed E-state index contributed by atoms with van der Waals surface area (Å²) in [5.74, 6) is 0.989. The van der Waals surface area contributed by atoms with Gasteiger partial charge in [0.05, 0.1) is 6.61 Å². The first-order chi connectivity index (χ1) is 7.90. The van der Waals surface area contributed by atoms with Gasteiger partial charge in [-0.25, -0.2) is 0 Å². The van der Waals surface area contributed by atoms with Gasteiger partial charge in [-0.15, -0.1) is 0 Å². The van der Waals surface area contributed by atoms with Crippen molar-refractivity contribution >= 4 is 5.69 Å². The number of hydrogen-bond donors (Lipinski definition) is 0. The van der Waals surface area contributed by atoms with E-state index in [1.807, 2.05) is 0 Å². The number of benzene rings is 1. The Labute approximate surface area is 98.2 Å². The van der Waals surface area contributed by atoms with Gasteiger partial charge < -0.3 is 9.64 Å². The number of piperidine rings is 1. The van der Waals surface area contributed by atoms with Gasteiger partial charge in [-0.1, -0.05) is 6.92 Å². The predicted molar refractivity (Wildman–Crippen MR) is 68.3 cm³/mol. The van der Waals surface area contributed by atoms with Gasteiger partial charge in [-0.05, 0) is 49.9 Å². The molecule has 0 amide bonds. The fraction of sp³-hybridized carbons (Fsp3) is 0.571. The molecule has 2 rings (SSSR count). The van der Waals surface area contributed by atoms with Crippen molar-refractivity contribution in [3.8, 4) is 5.75 Å². The minimum Gasteiger partial charge on any atom is -0.494 e. The second-order valence-electron chi connectivity index (χ2n) is 4.39. The standard InChI is InChI=1S/C14H21NO/c1-2-12-16-14-8-6-13(7-9-14)15-10-4-3-5-11-15/h6-9H,2-5,10-12H2,1H3. The molecule has 0 aromatic heterocycles. The molecule has 1 saturated heterocycles. The first kappa shape index (κ1) is 11.3. The summed E-state index contributed by atoms with van der Waals surface area (Å²) in [6.07, 6.45) is 5.10. The molecule has 1 aromatic carbocycles. The Morgan fingerprint density at radius 1 is 1.06 bits per heavy atom. The van der Waals surface area contributed by atoms with Gasteiger partial charge in [0.1, 0.15) is 5.75 Å². The van der Waals surface area contributed by atoms with Gasteiger partial charge in [-0.2, -0.15) is 0 Å². The molecule has 1 aromatic rings. The van der Waals surface area contributed by atoms with Crippen molar-refractivity contribution in [1.82, 2.24) is 0 Å². The summed E-state index contributed by atoms with van der Waals surface area (Å²) in [5.41, 5.74) is 1.34. The van der Waals surface area contributed by atoms with E-state index in [-0.39, 0.29) is 0 Å². The van der Waals surface area contributed by atoms with E-state index in [0.717, 1.165) is 18.8 Å². The van der Waals surface area contributed by atoms with E-state index in [9.17, 15) is 0 Å². The Balaban J connectivity index is 1.95. The Morgan fingerprint density at radius 2 is 1.75 bits per heavy atom. The van der Waals surface area contributed by atoms with E-state index in [2.05, 4.69) is 36.1 Å². The number of ether oxygens (including phenoxy) is 1. The van der Waals surface area contributed by atoms with Crippen molar-refractivity contribution in [2.24, 2.45) is 0 Å². The molecule has 0 spiro atoms. The van der Waals surface area contributed by atoms with E-state index in [1.54, 1.807) is 0 Å². The van der Waals surface area contributed by atoms with Gasteiger partial charge in [0.2, 0.25) is 0 Å². The summed E-state index contributed by atoms with van der Waals surface area (Å²) in [6.45, 7) is 5.34. The van der Waals surface area contributed by atoms with Crippen LogP contribution in [0.2, 0.25) is 0 Å². The summed E-state index contributed by atoms with van der Waals surface area (Å²) in [6, 6.07) is 8.52. The molecule has 0 bridgehead atoms. The third kappa shape index (κ3) is 2.91. The maximum atomic E-state index is 5.58. The van der Waals surface area contributed by atoms with Crippen LogP contribution in [0.5, 0.6) is 5.75 Å². The number of nitrogens with zero attached hydrogens (tertiary/aromatic N) is 1. The fourth-order valence-corrected chi connectivity index (χ4v) is 2.13. The second kappa shape index (κ2) is 5.78. The second-order valence-corrected chi connectivity index (χ2v) is 4.39. The summed E-state index contributed by atoms with van der Waals surface area (Å²) < 4.78 is 5.58. The average molecular weight is 219 g/mol. The Bertz CT molecular complexity index is 301. The van der Waals surface area contributed by atoms with Crippen LogP contribution in [0.25, 0.3) is 0 Å². The van der Waals surface area contributed by atoms with Crippen molar-refractivity contribution in [1.29, 1.82) is 0 Å². The van der Waals surface area contributed by atoms with Crippen LogP contribution in [0, 0.1) is 0 Å². The predicted octanol–water partition coefficient (Wildman–Crippen LogP) is 3.47. The molecule has 1 aliphatic heterocycles. The molecule has 16 heavy (non-hydrogen) atoms. The normalized spacial score (nSPS) is 16.2. The largest absolute Gasteiger partial charge is 0.494 e. The van der Waals surface area contributed by atoms with Crippen LogP contribution in [-0.2, 0) is 0 Å². The Kier molecular flexibility index (Phi) is 4.09. The van der Waals surface area contributed by atoms with Crippen LogP contribution in [0.3, 0.4) is 0 Å². The molecule has 0 radical (unpaired) electrons. The van der Waals surface area contributed by atoms with Crippen molar-refractivity contribution in [3.05, 3.63) is 24.3 Å². The zero-order valence-corrected chi connectivity index (χ0v) is 10.1. The topological polar surface area (TPSA) is 12.5 Å². The van der Waals surface area contributed by atoms with Crippen molar-refractivity contribution in [2.75, 3.05) is 24.6 Å². The van der Waals surface area contributed by atoms with E-state index >= 15 is 0 Å². The van der Waals surface area contributed by atoms with Crippen molar-refractivity contribution in [2.45, 2.75) is 32.6 Å². The number of hydrogen-bond acceptors (Lipinski definition) is 2. The van der Waals surface area contributed by atoms with Crippen LogP contribution in [0.4, 0.5) is 5.69 Å². The minimum absolute atomic E-state index is 0.809. The van der Waals surface area contributed by atoms with Crippen molar-refractivity contribution < 1.29 is 4.74 Å². The molecule has 1 heterocycles. The average Bonchev–Trinajstić information content (AvgIpc) is 2.38. The zero-order valence-electron chi connectivity index (χ0n) is 10.1. The molecule has 0 N–H and O–H groups in total. The highest BCUT2D eigenvalue weighted by Gasteiger charge is 2.10. The highest BCUT2D eigenvalue weighted by molar-refractivity contribution is 5.49. The quantitative estimate of drug-likeness (QED) is 0.769. The molecule has 1 aliphatic rings. The maximum absolute atomic E-state index is 5.58. The lowest BCUT2D eigenvalue weighted by atomic mass is 10.1. The summed E-state index contributed by atoms with van der Waals surface area (Å²) in [4.78, 5) is 2.47. The van der Waals surface area contributed by atoms with Crippen LogP contribution in [0.1, 0.15) is 32.6 Å². The van der Waals surface area contributed by atoms with Crippen LogP contribution >= 0.6 is 0 Å². The molecule has 0 unspecified atom stereocenters. The van der Waals surface area contributed by atoms with E-state index < -0.39 is 0 Å². The zero-order chi connectivity index (χ0) is 11.2. The monoisotopic (exact) mass is 219 g/mol. The molecule has 88 valence electrons. The third-order valence-corrected chi connectivity index (χ3v) is 3.03. The van der Waals surface area contributed by atoms with Crippen LogP contribution < -0.4 is 9.64 Å². The molecular formula is C14H21NO. The molecule has 0 saturated carbocycles. The maximum Gasteiger partial charge on any atom is 0.119 e. The lowest BCUT2D eigenvalue weighted by Crippen LogP contribution is -2.29. The van der Waals surface area contributed by atoms with Crippen LogP contribution in [0.15, 0.2) is 24.3 Å². The number of rotatable bonds is 4. The molecule has 2 nitrogen and oxygen atoms in total. The molecule has 1 fully saturated rings. The Morgan fingerprint density at radius 3 is 2.38 bits per heavy atom. The minimum atomic E-state index is 0.809. The first-order valence-electron chi connectivity index (χ1n) is 6.38. The lowest BCUT2D eigenvalue weighted by molar-refractivity contribution is 0.317. The van der Waals surface area contributed by atoms with Crippen molar-refractivity contribution in [3.63, 3.8) is 0 Å². The van der Waals surface area contributed by atoms with E-state index in [0.29, 0.717) is 0 Å². The molecule has 2 heteroatoms. The van der Waals surface area contributed by atoms with Gasteiger partial charge in [-0.3, -0.25) is 0 Å². The summed E-state index contributed by atoms with van der Waals surface area (Å²) >= 11 is 0. The smallest absolute Gasteiger partial charge is 0.119 e. The van der Waals surface area contributed by atoms with E-state index in [4.69, 9.17) is 4.74 Å².